The van der Waals surface area contributed by atoms with Gasteiger partial charge >= 0.3 is 85.3 Å². The zero-order valence-corrected chi connectivity index (χ0v) is 8.25. The molecule has 0 saturated carbocycles. The van der Waals surface area contributed by atoms with Gasteiger partial charge in [0.2, 0.25) is 0 Å². The van der Waals surface area contributed by atoms with Crippen LogP contribution in [0.3, 0.4) is 0 Å². The minimum absolute atomic E-state index is 0.0535. The molecule has 74 valence electrons. The molecule has 8 heteroatoms. The van der Waals surface area contributed by atoms with Crippen LogP contribution in [0.1, 0.15) is 0 Å². The molecule has 0 aromatic heterocycles. The van der Waals surface area contributed by atoms with Crippen LogP contribution >= 0.6 is 11.6 Å². The van der Waals surface area contributed by atoms with Gasteiger partial charge in [-0.1, -0.05) is 0 Å². The van der Waals surface area contributed by atoms with E-state index in [0.29, 0.717) is 0 Å². The fraction of sp³-hybridized carbons (Fsp3) is 0. The van der Waals surface area contributed by atoms with E-state index in [1.165, 1.54) is 12.1 Å². The van der Waals surface area contributed by atoms with Crippen molar-refractivity contribution in [1.82, 2.24) is 0 Å². The van der Waals surface area contributed by atoms with Gasteiger partial charge in [0.05, 0.1) is 0 Å². The van der Waals surface area contributed by atoms with Crippen molar-refractivity contribution in [3.63, 3.8) is 0 Å². The topological polar surface area (TPSA) is 80.7 Å². The van der Waals surface area contributed by atoms with Gasteiger partial charge in [0.25, 0.3) is 0 Å². The van der Waals surface area contributed by atoms with Crippen LogP contribution in [0, 0.1) is 0 Å². The molecule has 0 aliphatic rings. The van der Waals surface area contributed by atoms with Gasteiger partial charge in [-0.25, -0.2) is 0 Å². The van der Waals surface area contributed by atoms with Crippen LogP contribution in [0.15, 0.2) is 23.1 Å². The predicted molar refractivity (Wildman–Crippen MR) is 48.3 cm³/mol. The average molecular weight is 234 g/mol. The number of hydrogen-bond donors (Lipinski definition) is 1. The van der Waals surface area contributed by atoms with E-state index < -0.39 is 15.0 Å². The van der Waals surface area contributed by atoms with Crippen LogP contribution < -0.4 is 4.65 Å². The summed E-state index contributed by atoms with van der Waals surface area (Å²) in [6, 6.07) is 3.48. The first-order valence-electron chi connectivity index (χ1n) is 3.32. The van der Waals surface area contributed by atoms with Crippen LogP contribution in [-0.2, 0) is 14.8 Å². The molecule has 1 rings (SSSR count). The Hall–Kier alpha value is -0.915. The fourth-order valence-electron chi connectivity index (χ4n) is 0.833. The third-order valence-electron chi connectivity index (χ3n) is 1.36. The van der Waals surface area contributed by atoms with Gasteiger partial charge < -0.3 is 0 Å². The molecule has 0 fully saturated rings. The predicted octanol–water partition coefficient (Wildman–Crippen LogP) is 0.930. The Bertz CT molecular complexity index is 457. The summed E-state index contributed by atoms with van der Waals surface area (Å²) in [4.78, 5) is -0.544. The minimum atomic E-state index is -4.45. The van der Waals surface area contributed by atoms with E-state index in [2.05, 4.69) is 4.65 Å². The Kier molecular flexibility index (Phi) is 3.25. The van der Waals surface area contributed by atoms with E-state index in [9.17, 15) is 13.1 Å². The van der Waals surface area contributed by atoms with Crippen LogP contribution in [-0.4, -0.2) is 20.3 Å². The number of rotatable bonds is 3. The van der Waals surface area contributed by atoms with Crippen molar-refractivity contribution in [1.29, 1.82) is 0 Å². The fourth-order valence-corrected chi connectivity index (χ4v) is 1.72. The molecule has 0 saturated heterocycles. The molecule has 0 atom stereocenters. The SMILES string of the molecule is O=BOc1ccc(Cl)cc1S(=O)(=O)O. The van der Waals surface area contributed by atoms with Crippen molar-refractivity contribution in [3.05, 3.63) is 23.2 Å². The molecule has 0 amide bonds. The number of halogens is 1. The van der Waals surface area contributed by atoms with E-state index in [-0.39, 0.29) is 18.1 Å². The zero-order valence-electron chi connectivity index (χ0n) is 6.68. The summed E-state index contributed by atoms with van der Waals surface area (Å²) in [5.41, 5.74) is 0. The maximum atomic E-state index is 10.8. The molecular formula is C6H4BClO5S. The Morgan fingerprint density at radius 2 is 2.07 bits per heavy atom. The molecule has 5 nitrogen and oxygen atoms in total. The van der Waals surface area contributed by atoms with Crippen molar-refractivity contribution in [2.75, 3.05) is 0 Å². The average Bonchev–Trinajstić information content (AvgIpc) is 2.07. The van der Waals surface area contributed by atoms with Gasteiger partial charge in [-0.15, -0.1) is 0 Å². The molecule has 1 aromatic carbocycles. The normalized spacial score (nSPS) is 10.7. The van der Waals surface area contributed by atoms with Crippen molar-refractivity contribution in [2.45, 2.75) is 4.90 Å². The molecule has 0 radical (unpaired) electrons. The van der Waals surface area contributed by atoms with Crippen molar-refractivity contribution in [3.8, 4) is 5.75 Å². The van der Waals surface area contributed by atoms with Crippen molar-refractivity contribution < 1.29 is 22.3 Å². The third-order valence-corrected chi connectivity index (χ3v) is 2.47. The van der Waals surface area contributed by atoms with Crippen LogP contribution in [0.5, 0.6) is 5.75 Å². The number of hydrogen-bond acceptors (Lipinski definition) is 4. The van der Waals surface area contributed by atoms with E-state index in [1.54, 1.807) is 0 Å². The van der Waals surface area contributed by atoms with Gasteiger partial charge in [0, 0.05) is 0 Å². The molecule has 0 bridgehead atoms. The summed E-state index contributed by atoms with van der Waals surface area (Å²) < 4.78 is 44.6. The van der Waals surface area contributed by atoms with Gasteiger partial charge in [0.1, 0.15) is 0 Å². The van der Waals surface area contributed by atoms with Gasteiger partial charge in [-0.2, -0.15) is 0 Å². The summed E-state index contributed by atoms with van der Waals surface area (Å²) in [5, 5.41) is 0.107. The second-order valence-electron chi connectivity index (χ2n) is 2.28. The second kappa shape index (κ2) is 4.08. The molecule has 1 N–H and O–H groups in total. The molecule has 0 spiro atoms. The molecular weight excluding hydrogens is 230 g/mol. The summed E-state index contributed by atoms with van der Waals surface area (Å²) in [6.07, 6.45) is 0. The molecule has 1 aromatic rings. The third kappa shape index (κ3) is 2.54. The molecule has 0 aliphatic heterocycles. The van der Waals surface area contributed by atoms with Gasteiger partial charge in [-0.3, -0.25) is 0 Å². The number of benzene rings is 1. The first kappa shape index (κ1) is 11.2. The van der Waals surface area contributed by atoms with E-state index in [4.69, 9.17) is 16.2 Å². The summed E-state index contributed by atoms with van der Waals surface area (Å²) >= 11 is 5.50. The quantitative estimate of drug-likeness (QED) is 0.621. The van der Waals surface area contributed by atoms with Crippen LogP contribution in [0.25, 0.3) is 0 Å². The maximum absolute atomic E-state index is 10.8. The second-order valence-corrected chi connectivity index (χ2v) is 4.11. The van der Waals surface area contributed by atoms with E-state index >= 15 is 0 Å². The molecule has 0 aliphatic carbocycles. The van der Waals surface area contributed by atoms with Gasteiger partial charge in [0.15, 0.2) is 0 Å². The zero-order chi connectivity index (χ0) is 10.8. The Morgan fingerprint density at radius 3 is 2.57 bits per heavy atom. The monoisotopic (exact) mass is 234 g/mol. The van der Waals surface area contributed by atoms with E-state index in [1.807, 2.05) is 0 Å². The van der Waals surface area contributed by atoms with Crippen molar-refractivity contribution in [2.24, 2.45) is 0 Å². The van der Waals surface area contributed by atoms with E-state index in [0.717, 1.165) is 6.07 Å². The van der Waals surface area contributed by atoms with Gasteiger partial charge in [-0.05, 0) is 0 Å². The Balaban J connectivity index is 3.37. The molecule has 14 heavy (non-hydrogen) atoms. The first-order chi connectivity index (χ1) is 6.45. The summed E-state index contributed by atoms with van der Waals surface area (Å²) in [6.45, 7) is 0. The van der Waals surface area contributed by atoms with Crippen LogP contribution in [0.2, 0.25) is 5.02 Å². The van der Waals surface area contributed by atoms with Crippen molar-refractivity contribution >= 4 is 29.1 Å². The first-order valence-corrected chi connectivity index (χ1v) is 5.14. The molecule has 0 unspecified atom stereocenters. The Labute approximate surface area is 85.7 Å². The Morgan fingerprint density at radius 1 is 1.43 bits per heavy atom. The van der Waals surface area contributed by atoms with Crippen LogP contribution in [0.4, 0.5) is 0 Å². The molecule has 0 heterocycles. The summed E-state index contributed by atoms with van der Waals surface area (Å²) in [5.74, 6) is -0.271. The summed E-state index contributed by atoms with van der Waals surface area (Å²) in [7, 11) is -4.39. The standard InChI is InChI=1S/C6H4BClO5S/c8-4-1-2-5(13-7-9)6(3-4)14(10,11)12/h1-3H,(H,10,11,12).